The first kappa shape index (κ1) is 26.9. The Morgan fingerprint density at radius 1 is 1.00 bits per heavy atom. The zero-order chi connectivity index (χ0) is 26.0. The molecular formula is C31H36BrN3O2. The van der Waals surface area contributed by atoms with Crippen LogP contribution in [-0.2, 0) is 13.0 Å². The lowest BCUT2D eigenvalue weighted by molar-refractivity contribution is 0.0953. The lowest BCUT2D eigenvalue weighted by atomic mass is 9.99. The minimum atomic E-state index is -0.0458. The van der Waals surface area contributed by atoms with E-state index >= 15 is 0 Å². The summed E-state index contributed by atoms with van der Waals surface area (Å²) in [7, 11) is 0. The van der Waals surface area contributed by atoms with Crippen LogP contribution in [0.3, 0.4) is 0 Å². The Morgan fingerprint density at radius 2 is 1.76 bits per heavy atom. The molecule has 0 radical (unpaired) electrons. The number of amides is 1. The number of carbonyl (C=O) groups is 1. The Hall–Kier alpha value is -3.12. The van der Waals surface area contributed by atoms with Crippen LogP contribution in [0.25, 0.3) is 11.0 Å². The number of fused-ring (bicyclic) bond motifs is 1. The zero-order valence-electron chi connectivity index (χ0n) is 21.8. The van der Waals surface area contributed by atoms with Crippen LogP contribution in [0.4, 0.5) is 0 Å². The normalized spacial score (nSPS) is 12.0. The monoisotopic (exact) mass is 561 g/mol. The molecule has 3 aromatic carbocycles. The summed E-state index contributed by atoms with van der Waals surface area (Å²) in [6.45, 7) is 6.68. The highest BCUT2D eigenvalue weighted by atomic mass is 79.9. The summed E-state index contributed by atoms with van der Waals surface area (Å²) in [6.07, 6.45) is 4.78. The first-order valence-corrected chi connectivity index (χ1v) is 14.0. The SMILES string of the molecule is CCC(C)c1ccc(OCCCCn2c(CCCNC(=O)c3ccc(Br)cc3)nc3ccccc32)cc1. The van der Waals surface area contributed by atoms with Crippen molar-refractivity contribution in [2.75, 3.05) is 13.2 Å². The number of carbonyl (C=O) groups excluding carboxylic acids is 1. The summed E-state index contributed by atoms with van der Waals surface area (Å²) in [4.78, 5) is 17.3. The smallest absolute Gasteiger partial charge is 0.251 e. The number of halogens is 1. The highest BCUT2D eigenvalue weighted by Gasteiger charge is 2.11. The van der Waals surface area contributed by atoms with E-state index in [4.69, 9.17) is 9.72 Å². The molecule has 1 heterocycles. The van der Waals surface area contributed by atoms with E-state index in [1.165, 1.54) is 5.56 Å². The topological polar surface area (TPSA) is 56.1 Å². The Morgan fingerprint density at radius 3 is 2.51 bits per heavy atom. The van der Waals surface area contributed by atoms with E-state index in [2.05, 4.69) is 82.1 Å². The molecule has 4 aromatic rings. The van der Waals surface area contributed by atoms with Gasteiger partial charge in [-0.3, -0.25) is 4.79 Å². The molecule has 0 spiro atoms. The van der Waals surface area contributed by atoms with Crippen molar-refractivity contribution in [3.05, 3.63) is 94.2 Å². The number of hydrogen-bond acceptors (Lipinski definition) is 3. The van der Waals surface area contributed by atoms with E-state index in [-0.39, 0.29) is 5.91 Å². The zero-order valence-corrected chi connectivity index (χ0v) is 23.3. The molecule has 0 fully saturated rings. The van der Waals surface area contributed by atoms with Gasteiger partial charge in [-0.15, -0.1) is 0 Å². The average molecular weight is 563 g/mol. The van der Waals surface area contributed by atoms with Crippen molar-refractivity contribution in [3.63, 3.8) is 0 Å². The number of nitrogens with one attached hydrogen (secondary N) is 1. The predicted octanol–water partition coefficient (Wildman–Crippen LogP) is 7.53. The number of benzene rings is 3. The number of aromatic nitrogens is 2. The molecule has 1 aromatic heterocycles. The summed E-state index contributed by atoms with van der Waals surface area (Å²) < 4.78 is 9.28. The van der Waals surface area contributed by atoms with E-state index in [0.717, 1.165) is 65.7 Å². The molecule has 1 amide bonds. The van der Waals surface area contributed by atoms with Gasteiger partial charge < -0.3 is 14.6 Å². The van der Waals surface area contributed by atoms with E-state index in [0.29, 0.717) is 24.6 Å². The van der Waals surface area contributed by atoms with E-state index in [1.807, 2.05) is 30.3 Å². The van der Waals surface area contributed by atoms with Gasteiger partial charge in [0, 0.05) is 29.5 Å². The minimum Gasteiger partial charge on any atom is -0.494 e. The van der Waals surface area contributed by atoms with Crippen molar-refractivity contribution in [3.8, 4) is 5.75 Å². The standard InChI is InChI=1S/C31H36BrN3O2/c1-3-23(2)24-14-18-27(19-15-24)37-22-7-6-21-35-29-10-5-4-9-28(29)34-30(35)11-8-20-33-31(36)25-12-16-26(32)17-13-25/h4-5,9-10,12-19,23H,3,6-8,11,20-22H2,1-2H3,(H,33,36). The number of unbranched alkanes of at least 4 members (excludes halogenated alkanes) is 1. The fraction of sp³-hybridized carbons (Fsp3) is 0.355. The van der Waals surface area contributed by atoms with Crippen LogP contribution in [0.5, 0.6) is 5.75 Å². The number of ether oxygens (including phenoxy) is 1. The maximum absolute atomic E-state index is 12.4. The van der Waals surface area contributed by atoms with Crippen molar-refractivity contribution in [1.29, 1.82) is 0 Å². The third kappa shape index (κ3) is 7.45. The molecule has 0 aliphatic rings. The van der Waals surface area contributed by atoms with Gasteiger partial charge in [0.1, 0.15) is 11.6 Å². The summed E-state index contributed by atoms with van der Waals surface area (Å²) >= 11 is 3.40. The molecule has 0 aliphatic heterocycles. The molecule has 4 rings (SSSR count). The number of nitrogens with zero attached hydrogens (tertiary/aromatic N) is 2. The molecule has 0 bridgehead atoms. The molecule has 0 aliphatic carbocycles. The quantitative estimate of drug-likeness (QED) is 0.171. The van der Waals surface area contributed by atoms with E-state index in [9.17, 15) is 4.79 Å². The third-order valence-electron chi connectivity index (χ3n) is 6.81. The molecule has 194 valence electrons. The number of rotatable bonds is 13. The summed E-state index contributed by atoms with van der Waals surface area (Å²) in [6, 6.07) is 24.2. The predicted molar refractivity (Wildman–Crippen MR) is 154 cm³/mol. The van der Waals surface area contributed by atoms with Crippen molar-refractivity contribution >= 4 is 32.9 Å². The van der Waals surface area contributed by atoms with Gasteiger partial charge in [-0.25, -0.2) is 4.98 Å². The van der Waals surface area contributed by atoms with E-state index in [1.54, 1.807) is 0 Å². The van der Waals surface area contributed by atoms with Gasteiger partial charge in [0.15, 0.2) is 0 Å². The second-order valence-corrected chi connectivity index (χ2v) is 10.4. The largest absolute Gasteiger partial charge is 0.494 e. The second-order valence-electron chi connectivity index (χ2n) is 9.47. The van der Waals surface area contributed by atoms with Crippen LogP contribution in [0.2, 0.25) is 0 Å². The molecule has 1 atom stereocenters. The van der Waals surface area contributed by atoms with Crippen molar-refractivity contribution in [2.24, 2.45) is 0 Å². The Labute approximate surface area is 228 Å². The maximum atomic E-state index is 12.4. The van der Waals surface area contributed by atoms with Crippen LogP contribution in [0.15, 0.2) is 77.3 Å². The third-order valence-corrected chi connectivity index (χ3v) is 7.34. The number of aryl methyl sites for hydroxylation is 2. The highest BCUT2D eigenvalue weighted by molar-refractivity contribution is 9.10. The van der Waals surface area contributed by atoms with Crippen LogP contribution in [-0.4, -0.2) is 28.6 Å². The van der Waals surface area contributed by atoms with E-state index < -0.39 is 0 Å². The van der Waals surface area contributed by atoms with Crippen molar-refractivity contribution < 1.29 is 9.53 Å². The van der Waals surface area contributed by atoms with Gasteiger partial charge in [-0.05, 0) is 85.7 Å². The Balaban J connectivity index is 1.26. The summed E-state index contributed by atoms with van der Waals surface area (Å²) in [5.74, 6) is 2.54. The maximum Gasteiger partial charge on any atom is 0.251 e. The van der Waals surface area contributed by atoms with Gasteiger partial charge in [0.25, 0.3) is 5.91 Å². The lowest BCUT2D eigenvalue weighted by Gasteiger charge is -2.12. The highest BCUT2D eigenvalue weighted by Crippen LogP contribution is 2.22. The van der Waals surface area contributed by atoms with Gasteiger partial charge >= 0.3 is 0 Å². The lowest BCUT2D eigenvalue weighted by Crippen LogP contribution is -2.25. The molecule has 1 N–H and O–H groups in total. The van der Waals surface area contributed by atoms with Crippen LogP contribution < -0.4 is 10.1 Å². The van der Waals surface area contributed by atoms with Crippen LogP contribution in [0.1, 0.15) is 67.2 Å². The molecule has 0 saturated carbocycles. The first-order valence-electron chi connectivity index (χ1n) is 13.3. The van der Waals surface area contributed by atoms with Gasteiger partial charge in [-0.2, -0.15) is 0 Å². The van der Waals surface area contributed by atoms with Crippen molar-refractivity contribution in [1.82, 2.24) is 14.9 Å². The number of hydrogen-bond donors (Lipinski definition) is 1. The van der Waals surface area contributed by atoms with Crippen LogP contribution in [0, 0.1) is 0 Å². The first-order chi connectivity index (χ1) is 18.0. The fourth-order valence-electron chi connectivity index (χ4n) is 4.41. The summed E-state index contributed by atoms with van der Waals surface area (Å²) in [5.41, 5.74) is 4.22. The van der Waals surface area contributed by atoms with Crippen molar-refractivity contribution in [2.45, 2.75) is 58.4 Å². The second kappa shape index (κ2) is 13.4. The van der Waals surface area contributed by atoms with Crippen LogP contribution >= 0.6 is 15.9 Å². The Bertz CT molecular complexity index is 1280. The minimum absolute atomic E-state index is 0.0458. The Kier molecular flexibility index (Phi) is 9.78. The molecule has 37 heavy (non-hydrogen) atoms. The molecule has 0 saturated heterocycles. The molecule has 6 heteroatoms. The van der Waals surface area contributed by atoms with Gasteiger partial charge in [0.05, 0.1) is 17.6 Å². The molecule has 5 nitrogen and oxygen atoms in total. The van der Waals surface area contributed by atoms with Gasteiger partial charge in [0.2, 0.25) is 0 Å². The summed E-state index contributed by atoms with van der Waals surface area (Å²) in [5, 5.41) is 3.02. The number of imidazole rings is 1. The number of para-hydroxylation sites is 2. The van der Waals surface area contributed by atoms with Gasteiger partial charge in [-0.1, -0.05) is 54.0 Å². The molecular weight excluding hydrogens is 526 g/mol. The molecule has 1 unspecified atom stereocenters. The average Bonchev–Trinajstić information content (AvgIpc) is 3.28. The fourth-order valence-corrected chi connectivity index (χ4v) is 4.67.